The first kappa shape index (κ1) is 23.8. The Labute approximate surface area is 175 Å². The molecule has 0 aromatic heterocycles. The number of benzene rings is 1. The van der Waals surface area contributed by atoms with Gasteiger partial charge in [0.1, 0.15) is 5.75 Å². The Hall–Kier alpha value is -2.43. The molecule has 0 aliphatic carbocycles. The highest BCUT2D eigenvalue weighted by Crippen LogP contribution is 2.22. The molecular weight excluding hydrogens is 418 g/mol. The van der Waals surface area contributed by atoms with Gasteiger partial charge in [-0.15, -0.1) is 0 Å². The molecule has 0 bridgehead atoms. The highest BCUT2D eigenvalue weighted by molar-refractivity contribution is 7.91. The Bertz CT molecular complexity index is 862. The van der Waals surface area contributed by atoms with Gasteiger partial charge in [0, 0.05) is 31.1 Å². The van der Waals surface area contributed by atoms with Gasteiger partial charge in [-0.25, -0.2) is 13.4 Å². The predicted molar refractivity (Wildman–Crippen MR) is 110 cm³/mol. The van der Waals surface area contributed by atoms with E-state index in [4.69, 9.17) is 0 Å². The highest BCUT2D eigenvalue weighted by Gasteiger charge is 2.28. The number of carbonyl (C=O) groups excluding carboxylic acids is 1. The molecule has 1 heterocycles. The van der Waals surface area contributed by atoms with E-state index < -0.39 is 16.4 Å². The van der Waals surface area contributed by atoms with Crippen molar-refractivity contribution in [3.8, 4) is 5.75 Å². The number of aliphatic imine (C=N–C) groups is 1. The van der Waals surface area contributed by atoms with Gasteiger partial charge in [-0.3, -0.25) is 4.79 Å². The molecular formula is C19H28F2N4O4S. The SMILES string of the molecule is CCNC(=NCc1cc(C)ccc1OC(F)F)NCCC(=O)NC1CCS(=O)(=O)C1. The van der Waals surface area contributed by atoms with Crippen molar-refractivity contribution in [1.82, 2.24) is 16.0 Å². The third-order valence-corrected chi connectivity index (χ3v) is 6.19. The van der Waals surface area contributed by atoms with E-state index in [2.05, 4.69) is 25.7 Å². The lowest BCUT2D eigenvalue weighted by Gasteiger charge is -2.14. The number of sulfone groups is 1. The molecule has 3 N–H and O–H groups in total. The standard InChI is InChI=1S/C19H28F2N4O4S/c1-3-22-19(23-8-6-17(26)25-15-7-9-30(27,28)12-15)24-11-14-10-13(2)4-5-16(14)29-18(20)21/h4-5,10,15,18H,3,6-9,11-12H2,1-2H3,(H,25,26)(H2,22,23,24). The van der Waals surface area contributed by atoms with E-state index in [9.17, 15) is 22.0 Å². The van der Waals surface area contributed by atoms with E-state index in [1.54, 1.807) is 12.1 Å². The Morgan fingerprint density at radius 1 is 1.33 bits per heavy atom. The summed E-state index contributed by atoms with van der Waals surface area (Å²) in [4.78, 5) is 16.4. The molecule has 1 atom stereocenters. The average Bonchev–Trinajstić information content (AvgIpc) is 2.99. The number of rotatable bonds is 9. The zero-order chi connectivity index (χ0) is 22.1. The molecule has 168 valence electrons. The molecule has 2 rings (SSSR count). The summed E-state index contributed by atoms with van der Waals surface area (Å²) in [6.07, 6.45) is 0.580. The molecule has 0 radical (unpaired) electrons. The number of nitrogens with zero attached hydrogens (tertiary/aromatic N) is 1. The normalized spacial score (nSPS) is 18.3. The fraction of sp³-hybridized carbons (Fsp3) is 0.579. The fourth-order valence-corrected chi connectivity index (χ4v) is 4.73. The maximum atomic E-state index is 12.6. The second-order valence-corrected chi connectivity index (χ2v) is 9.26. The van der Waals surface area contributed by atoms with Crippen LogP contribution < -0.4 is 20.7 Å². The van der Waals surface area contributed by atoms with Crippen molar-refractivity contribution in [2.24, 2.45) is 4.99 Å². The van der Waals surface area contributed by atoms with E-state index in [-0.39, 0.29) is 48.7 Å². The summed E-state index contributed by atoms with van der Waals surface area (Å²) >= 11 is 0. The predicted octanol–water partition coefficient (Wildman–Crippen LogP) is 1.34. The van der Waals surface area contributed by atoms with Crippen molar-refractivity contribution in [3.05, 3.63) is 29.3 Å². The van der Waals surface area contributed by atoms with E-state index in [1.807, 2.05) is 13.8 Å². The van der Waals surface area contributed by atoms with Gasteiger partial charge in [0.05, 0.1) is 18.1 Å². The Morgan fingerprint density at radius 2 is 2.10 bits per heavy atom. The smallest absolute Gasteiger partial charge is 0.387 e. The van der Waals surface area contributed by atoms with Crippen molar-refractivity contribution in [2.45, 2.75) is 45.9 Å². The van der Waals surface area contributed by atoms with Crippen LogP contribution >= 0.6 is 0 Å². The number of halogens is 2. The van der Waals surface area contributed by atoms with Gasteiger partial charge in [0.2, 0.25) is 5.91 Å². The number of aryl methyl sites for hydroxylation is 1. The first-order valence-corrected chi connectivity index (χ1v) is 11.6. The fourth-order valence-electron chi connectivity index (χ4n) is 3.05. The van der Waals surface area contributed by atoms with Crippen molar-refractivity contribution < 1.29 is 26.7 Å². The summed E-state index contributed by atoms with van der Waals surface area (Å²) in [5.74, 6) is 0.338. The van der Waals surface area contributed by atoms with E-state index in [0.717, 1.165) is 5.56 Å². The minimum absolute atomic E-state index is 0.0181. The molecule has 8 nitrogen and oxygen atoms in total. The monoisotopic (exact) mass is 446 g/mol. The van der Waals surface area contributed by atoms with Crippen LogP contribution in [0.5, 0.6) is 5.75 Å². The Kier molecular flexibility index (Phi) is 8.82. The van der Waals surface area contributed by atoms with Crippen LogP contribution in [-0.4, -0.2) is 57.5 Å². The van der Waals surface area contributed by atoms with E-state index in [1.165, 1.54) is 6.07 Å². The molecule has 0 spiro atoms. The molecule has 1 aliphatic rings. The zero-order valence-electron chi connectivity index (χ0n) is 17.1. The number of carbonyl (C=O) groups is 1. The Morgan fingerprint density at radius 3 is 2.73 bits per heavy atom. The lowest BCUT2D eigenvalue weighted by atomic mass is 10.1. The van der Waals surface area contributed by atoms with Gasteiger partial charge >= 0.3 is 6.61 Å². The number of nitrogens with one attached hydrogen (secondary N) is 3. The number of guanidine groups is 1. The van der Waals surface area contributed by atoms with Crippen molar-refractivity contribution in [2.75, 3.05) is 24.6 Å². The second kappa shape index (κ2) is 11.1. The van der Waals surface area contributed by atoms with Crippen LogP contribution in [0, 0.1) is 6.92 Å². The largest absolute Gasteiger partial charge is 0.434 e. The van der Waals surface area contributed by atoms with Gasteiger partial charge < -0.3 is 20.7 Å². The molecule has 1 fully saturated rings. The van der Waals surface area contributed by atoms with Gasteiger partial charge in [0.15, 0.2) is 15.8 Å². The first-order chi connectivity index (χ1) is 14.2. The van der Waals surface area contributed by atoms with Gasteiger partial charge in [-0.2, -0.15) is 8.78 Å². The third-order valence-electron chi connectivity index (χ3n) is 4.43. The van der Waals surface area contributed by atoms with E-state index >= 15 is 0 Å². The summed E-state index contributed by atoms with van der Waals surface area (Å²) in [5.41, 5.74) is 1.41. The number of hydrogen-bond acceptors (Lipinski definition) is 5. The average molecular weight is 447 g/mol. The van der Waals surface area contributed by atoms with Gasteiger partial charge in [0.25, 0.3) is 0 Å². The molecule has 1 unspecified atom stereocenters. The van der Waals surface area contributed by atoms with Crippen LogP contribution in [0.25, 0.3) is 0 Å². The second-order valence-electron chi connectivity index (χ2n) is 7.03. The van der Waals surface area contributed by atoms with E-state index in [0.29, 0.717) is 24.5 Å². The number of amides is 1. The van der Waals surface area contributed by atoms with Crippen molar-refractivity contribution in [3.63, 3.8) is 0 Å². The van der Waals surface area contributed by atoms with Crippen LogP contribution in [0.2, 0.25) is 0 Å². The van der Waals surface area contributed by atoms with Crippen LogP contribution in [-0.2, 0) is 21.2 Å². The maximum absolute atomic E-state index is 12.6. The minimum atomic E-state index is -3.05. The third kappa shape index (κ3) is 8.13. The van der Waals surface area contributed by atoms with Crippen LogP contribution in [0.3, 0.4) is 0 Å². The lowest BCUT2D eigenvalue weighted by Crippen LogP contribution is -2.41. The van der Waals surface area contributed by atoms with Gasteiger partial charge in [-0.05, 0) is 26.3 Å². The summed E-state index contributed by atoms with van der Waals surface area (Å²) in [5, 5.41) is 8.76. The molecule has 1 aromatic rings. The maximum Gasteiger partial charge on any atom is 0.387 e. The number of hydrogen-bond donors (Lipinski definition) is 3. The van der Waals surface area contributed by atoms with Crippen molar-refractivity contribution >= 4 is 21.7 Å². The lowest BCUT2D eigenvalue weighted by molar-refractivity contribution is -0.121. The molecule has 1 aromatic carbocycles. The molecule has 30 heavy (non-hydrogen) atoms. The zero-order valence-corrected chi connectivity index (χ0v) is 17.9. The first-order valence-electron chi connectivity index (χ1n) is 9.75. The quantitative estimate of drug-likeness (QED) is 0.390. The summed E-state index contributed by atoms with van der Waals surface area (Å²) in [6.45, 7) is 1.78. The summed E-state index contributed by atoms with van der Waals surface area (Å²) < 4.78 is 52.6. The molecule has 1 aliphatic heterocycles. The molecule has 1 amide bonds. The van der Waals surface area contributed by atoms with Gasteiger partial charge in [-0.1, -0.05) is 17.7 Å². The molecule has 1 saturated heterocycles. The Balaban J connectivity index is 1.89. The molecule has 0 saturated carbocycles. The highest BCUT2D eigenvalue weighted by atomic mass is 32.2. The summed E-state index contributed by atoms with van der Waals surface area (Å²) in [7, 11) is -3.05. The molecule has 11 heteroatoms. The van der Waals surface area contributed by atoms with Crippen molar-refractivity contribution in [1.29, 1.82) is 0 Å². The summed E-state index contributed by atoms with van der Waals surface area (Å²) in [6, 6.07) is 4.57. The number of alkyl halides is 2. The minimum Gasteiger partial charge on any atom is -0.434 e. The van der Waals surface area contributed by atoms with Crippen LogP contribution in [0.4, 0.5) is 8.78 Å². The van der Waals surface area contributed by atoms with Crippen LogP contribution in [0.1, 0.15) is 30.9 Å². The number of ether oxygens (including phenoxy) is 1. The topological polar surface area (TPSA) is 109 Å². The van der Waals surface area contributed by atoms with Crippen LogP contribution in [0.15, 0.2) is 23.2 Å².